The SMILES string of the molecule is CCC(C)(CC)CC(C)(C(=O)Oc1ccccc1O)C(C)(CC)CC. The maximum atomic E-state index is 13.3. The van der Waals surface area contributed by atoms with Crippen LogP contribution in [0.25, 0.3) is 0 Å². The Morgan fingerprint density at radius 3 is 1.92 bits per heavy atom. The maximum absolute atomic E-state index is 13.3. The molecule has 0 saturated carbocycles. The van der Waals surface area contributed by atoms with E-state index in [1.807, 2.05) is 6.92 Å². The molecule has 3 nitrogen and oxygen atoms in total. The van der Waals surface area contributed by atoms with Crippen molar-refractivity contribution in [1.82, 2.24) is 0 Å². The van der Waals surface area contributed by atoms with E-state index in [1.165, 1.54) is 0 Å². The molecule has 0 bridgehead atoms. The molecule has 0 aromatic heterocycles. The van der Waals surface area contributed by atoms with Crippen LogP contribution in [0.5, 0.6) is 11.5 Å². The molecule has 0 heterocycles. The fourth-order valence-electron chi connectivity index (χ4n) is 3.67. The van der Waals surface area contributed by atoms with Crippen LogP contribution in [0.1, 0.15) is 80.6 Å². The standard InChI is InChI=1S/C22H36O3/c1-8-20(5,9-2)16-22(7,21(6,10-3)11-4)19(24)25-18-15-13-12-14-17(18)23/h12-15,23H,8-11,16H2,1-7H3. The Labute approximate surface area is 153 Å². The van der Waals surface area contributed by atoms with Crippen molar-refractivity contribution in [3.8, 4) is 11.5 Å². The summed E-state index contributed by atoms with van der Waals surface area (Å²) in [6.45, 7) is 15.1. The molecule has 0 amide bonds. The number of aromatic hydroxyl groups is 1. The minimum atomic E-state index is -0.625. The van der Waals surface area contributed by atoms with Gasteiger partial charge < -0.3 is 9.84 Å². The van der Waals surface area contributed by atoms with Crippen LogP contribution in [0.4, 0.5) is 0 Å². The van der Waals surface area contributed by atoms with Crippen LogP contribution in [-0.4, -0.2) is 11.1 Å². The molecular weight excluding hydrogens is 312 g/mol. The first-order valence-corrected chi connectivity index (χ1v) is 9.61. The molecule has 0 saturated heterocycles. The topological polar surface area (TPSA) is 46.5 Å². The van der Waals surface area contributed by atoms with Gasteiger partial charge in [0.15, 0.2) is 11.5 Å². The molecule has 1 N–H and O–H groups in total. The molecule has 0 radical (unpaired) electrons. The molecule has 0 aliphatic rings. The summed E-state index contributed by atoms with van der Waals surface area (Å²) in [4.78, 5) is 13.3. The first-order chi connectivity index (χ1) is 11.6. The lowest BCUT2D eigenvalue weighted by Gasteiger charge is -2.48. The number of esters is 1. The molecule has 0 aliphatic heterocycles. The molecule has 3 heteroatoms. The van der Waals surface area contributed by atoms with Gasteiger partial charge in [-0.15, -0.1) is 0 Å². The lowest BCUT2D eigenvalue weighted by atomic mass is 9.56. The lowest BCUT2D eigenvalue weighted by Crippen LogP contribution is -2.48. The Balaban J connectivity index is 3.31. The summed E-state index contributed by atoms with van der Waals surface area (Å²) in [5.41, 5.74) is -0.711. The Hall–Kier alpha value is -1.51. The number of hydrogen-bond donors (Lipinski definition) is 1. The summed E-state index contributed by atoms with van der Waals surface area (Å²) < 4.78 is 5.71. The molecule has 142 valence electrons. The van der Waals surface area contributed by atoms with Gasteiger partial charge in [0.25, 0.3) is 0 Å². The van der Waals surface area contributed by atoms with Crippen molar-refractivity contribution in [2.24, 2.45) is 16.2 Å². The molecule has 1 aromatic carbocycles. The molecule has 1 rings (SSSR count). The van der Waals surface area contributed by atoms with E-state index in [2.05, 4.69) is 41.5 Å². The average Bonchev–Trinajstić information content (AvgIpc) is 2.62. The predicted molar refractivity (Wildman–Crippen MR) is 104 cm³/mol. The van der Waals surface area contributed by atoms with Crippen molar-refractivity contribution in [3.63, 3.8) is 0 Å². The lowest BCUT2D eigenvalue weighted by molar-refractivity contribution is -0.157. The molecule has 1 unspecified atom stereocenters. The Morgan fingerprint density at radius 2 is 1.48 bits per heavy atom. The zero-order valence-corrected chi connectivity index (χ0v) is 17.1. The Kier molecular flexibility index (Phi) is 7.10. The summed E-state index contributed by atoms with van der Waals surface area (Å²) in [6.07, 6.45) is 4.62. The van der Waals surface area contributed by atoms with Gasteiger partial charge >= 0.3 is 5.97 Å². The first kappa shape index (κ1) is 21.5. The van der Waals surface area contributed by atoms with E-state index in [4.69, 9.17) is 4.74 Å². The second-order valence-electron chi connectivity index (χ2n) is 8.15. The average molecular weight is 349 g/mol. The van der Waals surface area contributed by atoms with E-state index < -0.39 is 5.41 Å². The van der Waals surface area contributed by atoms with E-state index in [0.717, 1.165) is 32.1 Å². The van der Waals surface area contributed by atoms with Crippen LogP contribution in [0, 0.1) is 16.2 Å². The second-order valence-corrected chi connectivity index (χ2v) is 8.15. The van der Waals surface area contributed by atoms with Gasteiger partial charge in [0.1, 0.15) is 0 Å². The van der Waals surface area contributed by atoms with Crippen molar-refractivity contribution in [1.29, 1.82) is 0 Å². The summed E-state index contributed by atoms with van der Waals surface area (Å²) in [6, 6.07) is 6.67. The Morgan fingerprint density at radius 1 is 0.960 bits per heavy atom. The number of ether oxygens (including phenoxy) is 1. The summed E-state index contributed by atoms with van der Waals surface area (Å²) >= 11 is 0. The molecule has 25 heavy (non-hydrogen) atoms. The summed E-state index contributed by atoms with van der Waals surface area (Å²) in [5, 5.41) is 9.99. The molecule has 0 spiro atoms. The third-order valence-electron chi connectivity index (χ3n) is 6.90. The van der Waals surface area contributed by atoms with Gasteiger partial charge in [0, 0.05) is 0 Å². The van der Waals surface area contributed by atoms with Gasteiger partial charge in [-0.25, -0.2) is 0 Å². The number of hydrogen-bond acceptors (Lipinski definition) is 3. The number of carbonyl (C=O) groups excluding carboxylic acids is 1. The monoisotopic (exact) mass is 348 g/mol. The van der Waals surface area contributed by atoms with Crippen LogP contribution in [0.15, 0.2) is 24.3 Å². The van der Waals surface area contributed by atoms with Crippen LogP contribution in [0.2, 0.25) is 0 Å². The quantitative estimate of drug-likeness (QED) is 0.418. The van der Waals surface area contributed by atoms with Crippen LogP contribution < -0.4 is 4.74 Å². The molecule has 0 fully saturated rings. The fourth-order valence-corrected chi connectivity index (χ4v) is 3.67. The predicted octanol–water partition coefficient (Wildman–Crippen LogP) is 6.35. The van der Waals surface area contributed by atoms with Crippen molar-refractivity contribution < 1.29 is 14.6 Å². The maximum Gasteiger partial charge on any atom is 0.317 e. The number of carbonyl (C=O) groups is 1. The smallest absolute Gasteiger partial charge is 0.317 e. The van der Waals surface area contributed by atoms with E-state index in [-0.39, 0.29) is 28.3 Å². The zero-order valence-electron chi connectivity index (χ0n) is 17.1. The van der Waals surface area contributed by atoms with Crippen LogP contribution in [0.3, 0.4) is 0 Å². The van der Waals surface area contributed by atoms with Crippen molar-refractivity contribution in [3.05, 3.63) is 24.3 Å². The van der Waals surface area contributed by atoms with Gasteiger partial charge in [0.05, 0.1) is 5.41 Å². The minimum absolute atomic E-state index is 0.00152. The van der Waals surface area contributed by atoms with Gasteiger partial charge in [-0.3, -0.25) is 4.79 Å². The zero-order chi connectivity index (χ0) is 19.3. The van der Waals surface area contributed by atoms with Crippen molar-refractivity contribution in [2.75, 3.05) is 0 Å². The van der Waals surface area contributed by atoms with E-state index in [0.29, 0.717) is 0 Å². The molecule has 1 atom stereocenters. The van der Waals surface area contributed by atoms with Gasteiger partial charge in [-0.2, -0.15) is 0 Å². The number of benzene rings is 1. The Bertz CT molecular complexity index is 570. The van der Waals surface area contributed by atoms with Gasteiger partial charge in [0.2, 0.25) is 0 Å². The highest BCUT2D eigenvalue weighted by Gasteiger charge is 2.52. The van der Waals surface area contributed by atoms with Crippen molar-refractivity contribution in [2.45, 2.75) is 80.6 Å². The van der Waals surface area contributed by atoms with Gasteiger partial charge in [-0.05, 0) is 49.1 Å². The van der Waals surface area contributed by atoms with Crippen molar-refractivity contribution >= 4 is 5.97 Å². The van der Waals surface area contributed by atoms with E-state index in [9.17, 15) is 9.90 Å². The van der Waals surface area contributed by atoms with Gasteiger partial charge in [-0.1, -0.05) is 66.5 Å². The highest BCUT2D eigenvalue weighted by atomic mass is 16.5. The van der Waals surface area contributed by atoms with E-state index in [1.54, 1.807) is 24.3 Å². The number of para-hydroxylation sites is 2. The van der Waals surface area contributed by atoms with Crippen LogP contribution in [-0.2, 0) is 4.79 Å². The third kappa shape index (κ3) is 4.37. The molecular formula is C22H36O3. The summed E-state index contributed by atoms with van der Waals surface area (Å²) in [7, 11) is 0. The normalized spacial score (nSPS) is 14.8. The highest BCUT2D eigenvalue weighted by Crippen LogP contribution is 2.53. The van der Waals surface area contributed by atoms with Crippen LogP contribution >= 0.6 is 0 Å². The number of rotatable bonds is 9. The molecule has 1 aromatic rings. The minimum Gasteiger partial charge on any atom is -0.504 e. The summed E-state index contributed by atoms with van der Waals surface area (Å²) in [5.74, 6) is -0.00190. The first-order valence-electron chi connectivity index (χ1n) is 9.61. The second kappa shape index (κ2) is 8.25. The van der Waals surface area contributed by atoms with E-state index >= 15 is 0 Å². The molecule has 0 aliphatic carbocycles. The highest BCUT2D eigenvalue weighted by molar-refractivity contribution is 5.80. The number of phenols is 1. The third-order valence-corrected chi connectivity index (χ3v) is 6.90. The fraction of sp³-hybridized carbons (Fsp3) is 0.682. The largest absolute Gasteiger partial charge is 0.504 e. The number of phenolic OH excluding ortho intramolecular Hbond substituents is 1.